The van der Waals surface area contributed by atoms with Crippen LogP contribution in [0, 0.1) is 12.8 Å². The first-order valence-corrected chi connectivity index (χ1v) is 5.99. The molecule has 2 rings (SSSR count). The Labute approximate surface area is 92.9 Å². The van der Waals surface area contributed by atoms with Crippen molar-refractivity contribution in [1.29, 1.82) is 0 Å². The van der Waals surface area contributed by atoms with Crippen LogP contribution < -0.4 is 5.32 Å². The zero-order valence-electron chi connectivity index (χ0n) is 9.96. The van der Waals surface area contributed by atoms with E-state index in [0.29, 0.717) is 12.1 Å². The van der Waals surface area contributed by atoms with Crippen molar-refractivity contribution in [2.24, 2.45) is 5.92 Å². The van der Waals surface area contributed by atoms with Crippen molar-refractivity contribution in [1.82, 2.24) is 5.32 Å². The maximum absolute atomic E-state index is 3.69. The highest BCUT2D eigenvalue weighted by molar-refractivity contribution is 5.24. The molecule has 82 valence electrons. The van der Waals surface area contributed by atoms with Gasteiger partial charge in [0.1, 0.15) is 0 Å². The lowest BCUT2D eigenvalue weighted by atomic mass is 10.0. The number of rotatable bonds is 4. The Kier molecular flexibility index (Phi) is 3.11. The van der Waals surface area contributed by atoms with E-state index in [2.05, 4.69) is 50.4 Å². The van der Waals surface area contributed by atoms with Crippen molar-refractivity contribution in [2.75, 3.05) is 0 Å². The van der Waals surface area contributed by atoms with Gasteiger partial charge in [-0.05, 0) is 45.1 Å². The van der Waals surface area contributed by atoms with Gasteiger partial charge in [0.05, 0.1) is 0 Å². The van der Waals surface area contributed by atoms with Gasteiger partial charge in [-0.2, -0.15) is 0 Å². The summed E-state index contributed by atoms with van der Waals surface area (Å²) in [4.78, 5) is 0. The van der Waals surface area contributed by atoms with Gasteiger partial charge in [0.2, 0.25) is 0 Å². The van der Waals surface area contributed by atoms with E-state index in [1.165, 1.54) is 24.0 Å². The Hall–Kier alpha value is -0.820. The molecule has 1 fully saturated rings. The van der Waals surface area contributed by atoms with Gasteiger partial charge in [-0.25, -0.2) is 0 Å². The molecule has 1 aliphatic rings. The van der Waals surface area contributed by atoms with Gasteiger partial charge >= 0.3 is 0 Å². The first-order chi connectivity index (χ1) is 7.16. The van der Waals surface area contributed by atoms with E-state index in [1.54, 1.807) is 0 Å². The molecule has 0 aliphatic heterocycles. The van der Waals surface area contributed by atoms with Gasteiger partial charge in [0.15, 0.2) is 0 Å². The van der Waals surface area contributed by atoms with Crippen LogP contribution in [0.4, 0.5) is 0 Å². The summed E-state index contributed by atoms with van der Waals surface area (Å²) in [6, 6.07) is 9.92. The number of nitrogens with one attached hydrogen (secondary N) is 1. The second-order valence-electron chi connectivity index (χ2n) is 4.93. The quantitative estimate of drug-likeness (QED) is 0.790. The average Bonchev–Trinajstić information content (AvgIpc) is 3.00. The van der Waals surface area contributed by atoms with Gasteiger partial charge in [-0.3, -0.25) is 0 Å². The fourth-order valence-corrected chi connectivity index (χ4v) is 2.16. The molecule has 1 aromatic carbocycles. The minimum absolute atomic E-state index is 0.473. The van der Waals surface area contributed by atoms with E-state index in [0.717, 1.165) is 5.92 Å². The first kappa shape index (κ1) is 10.7. The molecule has 1 nitrogen and oxygen atoms in total. The second kappa shape index (κ2) is 4.36. The Bertz CT molecular complexity index is 328. The van der Waals surface area contributed by atoms with Crippen molar-refractivity contribution in [3.8, 4) is 0 Å². The summed E-state index contributed by atoms with van der Waals surface area (Å²) < 4.78 is 0. The Morgan fingerprint density at radius 2 is 2.00 bits per heavy atom. The fourth-order valence-electron chi connectivity index (χ4n) is 2.16. The van der Waals surface area contributed by atoms with E-state index in [-0.39, 0.29) is 0 Å². The molecule has 0 spiro atoms. The highest BCUT2D eigenvalue weighted by atomic mass is 15.0. The van der Waals surface area contributed by atoms with Gasteiger partial charge < -0.3 is 5.32 Å². The summed E-state index contributed by atoms with van der Waals surface area (Å²) in [7, 11) is 0. The zero-order chi connectivity index (χ0) is 10.8. The lowest BCUT2D eigenvalue weighted by molar-refractivity contribution is 0.441. The smallest absolute Gasteiger partial charge is 0.0294 e. The topological polar surface area (TPSA) is 12.0 Å². The standard InChI is InChI=1S/C14H21N/c1-10-5-4-6-14(9-10)12(3)15-11(2)13-7-8-13/h4-6,9,11-13,15H,7-8H2,1-3H3/t11?,12-/m1/s1. The highest BCUT2D eigenvalue weighted by Gasteiger charge is 2.28. The lowest BCUT2D eigenvalue weighted by Gasteiger charge is -2.20. The second-order valence-corrected chi connectivity index (χ2v) is 4.93. The molecule has 0 heterocycles. The molecular weight excluding hydrogens is 182 g/mol. The predicted octanol–water partition coefficient (Wildman–Crippen LogP) is 3.44. The molecule has 0 amide bonds. The van der Waals surface area contributed by atoms with Crippen LogP contribution in [0.15, 0.2) is 24.3 Å². The summed E-state index contributed by atoms with van der Waals surface area (Å²) in [5.41, 5.74) is 2.75. The average molecular weight is 203 g/mol. The Balaban J connectivity index is 1.97. The maximum atomic E-state index is 3.69. The number of aryl methyl sites for hydroxylation is 1. The predicted molar refractivity (Wildman–Crippen MR) is 64.9 cm³/mol. The number of hydrogen-bond donors (Lipinski definition) is 1. The van der Waals surface area contributed by atoms with Crippen LogP contribution in [0.3, 0.4) is 0 Å². The monoisotopic (exact) mass is 203 g/mol. The number of hydrogen-bond acceptors (Lipinski definition) is 1. The lowest BCUT2D eigenvalue weighted by Crippen LogP contribution is -2.30. The summed E-state index contributed by atoms with van der Waals surface area (Å²) >= 11 is 0. The molecule has 1 aromatic rings. The van der Waals surface area contributed by atoms with Gasteiger partial charge in [0.25, 0.3) is 0 Å². The summed E-state index contributed by atoms with van der Waals surface area (Å²) in [5.74, 6) is 0.928. The first-order valence-electron chi connectivity index (χ1n) is 5.99. The molecule has 0 radical (unpaired) electrons. The maximum Gasteiger partial charge on any atom is 0.0294 e. The van der Waals surface area contributed by atoms with Crippen molar-refractivity contribution >= 4 is 0 Å². The number of benzene rings is 1. The molecule has 1 saturated carbocycles. The van der Waals surface area contributed by atoms with Crippen LogP contribution in [-0.4, -0.2) is 6.04 Å². The summed E-state index contributed by atoms with van der Waals surface area (Å²) in [5, 5.41) is 3.69. The van der Waals surface area contributed by atoms with Crippen LogP contribution in [0.5, 0.6) is 0 Å². The zero-order valence-corrected chi connectivity index (χ0v) is 9.96. The third-order valence-corrected chi connectivity index (χ3v) is 3.38. The molecule has 1 N–H and O–H groups in total. The molecule has 0 saturated heterocycles. The van der Waals surface area contributed by atoms with Gasteiger partial charge in [-0.15, -0.1) is 0 Å². The normalized spacial score (nSPS) is 19.9. The Morgan fingerprint density at radius 1 is 1.27 bits per heavy atom. The fraction of sp³-hybridized carbons (Fsp3) is 0.571. The SMILES string of the molecule is Cc1cccc([C@@H](C)NC(C)C2CC2)c1. The van der Waals surface area contributed by atoms with E-state index >= 15 is 0 Å². The van der Waals surface area contributed by atoms with Crippen LogP contribution in [0.2, 0.25) is 0 Å². The summed E-state index contributed by atoms with van der Waals surface area (Å²) in [6.45, 7) is 6.72. The molecule has 1 unspecified atom stereocenters. The van der Waals surface area contributed by atoms with E-state index in [1.807, 2.05) is 0 Å². The van der Waals surface area contributed by atoms with Crippen molar-refractivity contribution < 1.29 is 0 Å². The minimum Gasteiger partial charge on any atom is -0.307 e. The largest absolute Gasteiger partial charge is 0.307 e. The van der Waals surface area contributed by atoms with Crippen LogP contribution in [0.1, 0.15) is 43.9 Å². The van der Waals surface area contributed by atoms with E-state index in [9.17, 15) is 0 Å². The van der Waals surface area contributed by atoms with Crippen molar-refractivity contribution in [3.63, 3.8) is 0 Å². The third kappa shape index (κ3) is 2.82. The third-order valence-electron chi connectivity index (χ3n) is 3.38. The van der Waals surface area contributed by atoms with Gasteiger partial charge in [0, 0.05) is 12.1 Å². The van der Waals surface area contributed by atoms with Crippen LogP contribution in [0.25, 0.3) is 0 Å². The van der Waals surface area contributed by atoms with Crippen molar-refractivity contribution in [2.45, 2.75) is 45.7 Å². The molecule has 0 bridgehead atoms. The summed E-state index contributed by atoms with van der Waals surface area (Å²) in [6.07, 6.45) is 2.82. The molecule has 2 atom stereocenters. The molecular formula is C14H21N. The molecule has 1 aliphatic carbocycles. The minimum atomic E-state index is 0.473. The van der Waals surface area contributed by atoms with Crippen LogP contribution in [-0.2, 0) is 0 Å². The molecule has 15 heavy (non-hydrogen) atoms. The van der Waals surface area contributed by atoms with Gasteiger partial charge in [-0.1, -0.05) is 29.8 Å². The van der Waals surface area contributed by atoms with E-state index in [4.69, 9.17) is 0 Å². The van der Waals surface area contributed by atoms with E-state index < -0.39 is 0 Å². The highest BCUT2D eigenvalue weighted by Crippen LogP contribution is 2.33. The van der Waals surface area contributed by atoms with Crippen molar-refractivity contribution in [3.05, 3.63) is 35.4 Å². The Morgan fingerprint density at radius 3 is 2.60 bits per heavy atom. The van der Waals surface area contributed by atoms with Crippen LogP contribution >= 0.6 is 0 Å². The molecule has 0 aromatic heterocycles. The molecule has 1 heteroatoms.